The van der Waals surface area contributed by atoms with E-state index in [9.17, 15) is 24.8 Å². The fourth-order valence-corrected chi connectivity index (χ4v) is 2.94. The lowest BCUT2D eigenvalue weighted by atomic mass is 10.1. The molecule has 1 aromatic heterocycles. The van der Waals surface area contributed by atoms with Gasteiger partial charge in [-0.05, 0) is 36.8 Å². The van der Waals surface area contributed by atoms with Gasteiger partial charge in [0.25, 0.3) is 5.69 Å². The van der Waals surface area contributed by atoms with E-state index in [1.54, 1.807) is 24.1 Å². The van der Waals surface area contributed by atoms with Crippen LogP contribution in [0.2, 0.25) is 0 Å². The third kappa shape index (κ3) is 4.27. The van der Waals surface area contributed by atoms with Crippen molar-refractivity contribution in [1.29, 1.82) is 0 Å². The van der Waals surface area contributed by atoms with Gasteiger partial charge in [0.15, 0.2) is 5.78 Å². The molecule has 2 aromatic carbocycles. The van der Waals surface area contributed by atoms with Crippen molar-refractivity contribution in [3.8, 4) is 5.75 Å². The van der Waals surface area contributed by atoms with E-state index in [0.29, 0.717) is 11.3 Å². The number of aryl methyl sites for hydroxylation is 1. The summed E-state index contributed by atoms with van der Waals surface area (Å²) in [6.45, 7) is 1.47. The van der Waals surface area contributed by atoms with Crippen LogP contribution in [0.25, 0.3) is 6.08 Å². The molecule has 0 spiro atoms. The minimum absolute atomic E-state index is 0.145. The summed E-state index contributed by atoms with van der Waals surface area (Å²) in [7, 11) is 1.72. The second-order valence-corrected chi connectivity index (χ2v) is 6.50. The van der Waals surface area contributed by atoms with Gasteiger partial charge in [-0.3, -0.25) is 14.9 Å². The summed E-state index contributed by atoms with van der Waals surface area (Å²) in [6.07, 6.45) is 2.39. The van der Waals surface area contributed by atoms with Crippen molar-refractivity contribution in [3.63, 3.8) is 0 Å². The highest BCUT2D eigenvalue weighted by Gasteiger charge is 2.19. The maximum atomic E-state index is 12.3. The van der Waals surface area contributed by atoms with E-state index in [0.717, 1.165) is 11.8 Å². The number of carbonyl (C=O) groups excluding carboxylic acids is 1. The van der Waals surface area contributed by atoms with Crippen LogP contribution in [0.4, 0.5) is 17.1 Å². The minimum Gasteiger partial charge on any atom is -0.507 e. The monoisotopic (exact) mass is 406 g/mol. The summed E-state index contributed by atoms with van der Waals surface area (Å²) in [5, 5.41) is 21.4. The molecule has 1 N–H and O–H groups in total. The van der Waals surface area contributed by atoms with Gasteiger partial charge >= 0.3 is 5.63 Å². The largest absolute Gasteiger partial charge is 0.507 e. The normalized spacial score (nSPS) is 10.9. The Hall–Kier alpha value is -4.20. The maximum Gasteiger partial charge on any atom is 0.351 e. The molecule has 8 heteroatoms. The van der Waals surface area contributed by atoms with Crippen molar-refractivity contribution in [3.05, 3.63) is 98.1 Å². The van der Waals surface area contributed by atoms with Crippen molar-refractivity contribution < 1.29 is 19.2 Å². The Bertz CT molecular complexity index is 1200. The van der Waals surface area contributed by atoms with E-state index in [2.05, 4.69) is 0 Å². The van der Waals surface area contributed by atoms with Gasteiger partial charge in [-0.15, -0.1) is 0 Å². The minimum atomic E-state index is -0.951. The van der Waals surface area contributed by atoms with Crippen LogP contribution in [-0.4, -0.2) is 22.9 Å². The summed E-state index contributed by atoms with van der Waals surface area (Å²) in [6, 6.07) is 14.9. The van der Waals surface area contributed by atoms with Gasteiger partial charge in [-0.1, -0.05) is 30.3 Å². The molecule has 0 fully saturated rings. The lowest BCUT2D eigenvalue weighted by Gasteiger charge is -2.19. The molecule has 0 bridgehead atoms. The number of nitrogens with zero attached hydrogens (tertiary/aromatic N) is 2. The number of ketones is 1. The third-order valence-corrected chi connectivity index (χ3v) is 4.43. The van der Waals surface area contributed by atoms with E-state index in [-0.39, 0.29) is 11.4 Å². The second-order valence-electron chi connectivity index (χ2n) is 6.50. The highest BCUT2D eigenvalue weighted by molar-refractivity contribution is 6.08. The molecule has 0 radical (unpaired) electrons. The zero-order valence-corrected chi connectivity index (χ0v) is 16.2. The second kappa shape index (κ2) is 8.44. The Morgan fingerprint density at radius 2 is 1.87 bits per heavy atom. The van der Waals surface area contributed by atoms with Crippen LogP contribution in [-0.2, 0) is 0 Å². The molecule has 30 heavy (non-hydrogen) atoms. The fraction of sp³-hybridized carbons (Fsp3) is 0.0909. The zero-order valence-electron chi connectivity index (χ0n) is 16.2. The number of benzene rings is 2. The summed E-state index contributed by atoms with van der Waals surface area (Å²) in [5.74, 6) is -1.08. The fourth-order valence-electron chi connectivity index (χ4n) is 2.94. The summed E-state index contributed by atoms with van der Waals surface area (Å²) >= 11 is 0. The first kappa shape index (κ1) is 20.5. The Morgan fingerprint density at radius 1 is 1.17 bits per heavy atom. The van der Waals surface area contributed by atoms with Crippen LogP contribution >= 0.6 is 0 Å². The molecule has 8 nitrogen and oxygen atoms in total. The number of hydrogen-bond acceptors (Lipinski definition) is 7. The first-order valence-electron chi connectivity index (χ1n) is 8.91. The average Bonchev–Trinajstić information content (AvgIpc) is 2.71. The molecule has 0 aliphatic heterocycles. The number of aromatic hydroxyl groups is 1. The Morgan fingerprint density at radius 3 is 2.50 bits per heavy atom. The van der Waals surface area contributed by atoms with Crippen LogP contribution in [0.3, 0.4) is 0 Å². The molecule has 152 valence electrons. The summed E-state index contributed by atoms with van der Waals surface area (Å²) in [4.78, 5) is 36.9. The number of anilines is 2. The van der Waals surface area contributed by atoms with Crippen LogP contribution in [0, 0.1) is 17.0 Å². The maximum absolute atomic E-state index is 12.3. The Labute approximate surface area is 171 Å². The molecule has 0 unspecified atom stereocenters. The van der Waals surface area contributed by atoms with Crippen molar-refractivity contribution in [1.82, 2.24) is 0 Å². The molecule has 3 rings (SSSR count). The van der Waals surface area contributed by atoms with Crippen molar-refractivity contribution >= 4 is 28.9 Å². The Balaban J connectivity index is 1.93. The lowest BCUT2D eigenvalue weighted by Crippen LogP contribution is -2.13. The predicted molar refractivity (Wildman–Crippen MR) is 112 cm³/mol. The smallest absolute Gasteiger partial charge is 0.351 e. The average molecular weight is 406 g/mol. The molecular weight excluding hydrogens is 388 g/mol. The van der Waals surface area contributed by atoms with Crippen molar-refractivity contribution in [2.75, 3.05) is 11.9 Å². The van der Waals surface area contributed by atoms with Gasteiger partial charge < -0.3 is 14.4 Å². The van der Waals surface area contributed by atoms with Gasteiger partial charge in [0, 0.05) is 24.9 Å². The first-order valence-corrected chi connectivity index (χ1v) is 8.91. The standard InChI is InChI=1S/C22H18N2O6/c1-14-12-20(26)21(22(27)30-14)19(25)11-9-15-8-10-17(18(13-15)24(28)29)23(2)16-6-4-3-5-7-16/h3-13,26H,1-2H3/b11-9+. The highest BCUT2D eigenvalue weighted by atomic mass is 16.6. The van der Waals surface area contributed by atoms with Crippen LogP contribution in [0.1, 0.15) is 21.7 Å². The van der Waals surface area contributed by atoms with Crippen LogP contribution in [0.5, 0.6) is 5.75 Å². The number of nitro groups is 1. The van der Waals surface area contributed by atoms with Crippen LogP contribution < -0.4 is 10.5 Å². The number of carbonyl (C=O) groups is 1. The Kier molecular flexibility index (Phi) is 5.78. The molecule has 0 aliphatic carbocycles. The number of para-hydroxylation sites is 1. The van der Waals surface area contributed by atoms with Crippen molar-refractivity contribution in [2.45, 2.75) is 6.92 Å². The number of rotatable bonds is 6. The topological polar surface area (TPSA) is 114 Å². The molecule has 0 saturated heterocycles. The quantitative estimate of drug-likeness (QED) is 0.282. The predicted octanol–water partition coefficient (Wildman–Crippen LogP) is 4.23. The van der Waals surface area contributed by atoms with Gasteiger partial charge in [0.05, 0.1) is 4.92 Å². The molecular formula is C22H18N2O6. The molecule has 0 saturated carbocycles. The van der Waals surface area contributed by atoms with E-state index in [1.807, 2.05) is 30.3 Å². The molecule has 3 aromatic rings. The number of hydrogen-bond donors (Lipinski definition) is 1. The van der Waals surface area contributed by atoms with E-state index >= 15 is 0 Å². The van der Waals surface area contributed by atoms with E-state index in [4.69, 9.17) is 4.42 Å². The van der Waals surface area contributed by atoms with Crippen molar-refractivity contribution in [2.24, 2.45) is 0 Å². The van der Waals surface area contributed by atoms with Gasteiger partial charge in [-0.2, -0.15) is 0 Å². The van der Waals surface area contributed by atoms with Gasteiger partial charge in [0.2, 0.25) is 0 Å². The summed E-state index contributed by atoms with van der Waals surface area (Å²) < 4.78 is 4.83. The van der Waals surface area contributed by atoms with E-state index in [1.165, 1.54) is 25.1 Å². The summed E-state index contributed by atoms with van der Waals surface area (Å²) in [5.41, 5.74) is -0.0446. The lowest BCUT2D eigenvalue weighted by molar-refractivity contribution is -0.384. The number of nitro benzene ring substituents is 1. The third-order valence-electron chi connectivity index (χ3n) is 4.43. The zero-order chi connectivity index (χ0) is 21.8. The SMILES string of the molecule is Cc1cc(O)c(C(=O)/C=C/c2ccc(N(C)c3ccccc3)c([N+](=O)[O-])c2)c(=O)o1. The molecule has 0 atom stereocenters. The van der Waals surface area contributed by atoms with Gasteiger partial charge in [0.1, 0.15) is 22.8 Å². The molecule has 0 amide bonds. The highest BCUT2D eigenvalue weighted by Crippen LogP contribution is 2.33. The molecule has 1 heterocycles. The van der Waals surface area contributed by atoms with Gasteiger partial charge in [-0.25, -0.2) is 4.79 Å². The van der Waals surface area contributed by atoms with Crippen LogP contribution in [0.15, 0.2) is 69.9 Å². The number of allylic oxidation sites excluding steroid dienone is 1. The first-order chi connectivity index (χ1) is 14.3. The molecule has 0 aliphatic rings. The van der Waals surface area contributed by atoms with E-state index < -0.39 is 27.6 Å².